The van der Waals surface area contributed by atoms with Crippen LogP contribution in [0.4, 0.5) is 0 Å². The predicted molar refractivity (Wildman–Crippen MR) is 38.0 cm³/mol. The average molecular weight is 189 g/mol. The predicted octanol–water partition coefficient (Wildman–Crippen LogP) is -4.65. The van der Waals surface area contributed by atoms with Gasteiger partial charge >= 0.3 is 29.6 Å². The molecule has 2 heterocycles. The maximum Gasteiger partial charge on any atom is 1.00 e. The molecule has 1 aromatic heterocycles. The molecule has 1 aliphatic rings. The molecule has 1 unspecified atom stereocenters. The van der Waals surface area contributed by atoms with Gasteiger partial charge in [-0.25, -0.2) is 0 Å². The second-order valence-electron chi connectivity index (χ2n) is 2.81. The number of aliphatic carboxylic acids is 1. The molecule has 13 heavy (non-hydrogen) atoms. The molecule has 1 aliphatic heterocycles. The fourth-order valence-corrected chi connectivity index (χ4v) is 1.43. The summed E-state index contributed by atoms with van der Waals surface area (Å²) in [4.78, 5) is 10.6. The van der Waals surface area contributed by atoms with Gasteiger partial charge in [0.25, 0.3) is 0 Å². The number of rotatable bonds is 1. The van der Waals surface area contributed by atoms with Gasteiger partial charge in [-0.2, -0.15) is 5.10 Å². The Balaban J connectivity index is 0.000000845. The summed E-state index contributed by atoms with van der Waals surface area (Å²) >= 11 is 0. The molecule has 1 aromatic rings. The van der Waals surface area contributed by atoms with E-state index < -0.39 is 11.9 Å². The van der Waals surface area contributed by atoms with Crippen molar-refractivity contribution in [2.24, 2.45) is 0 Å². The topological polar surface area (TPSA) is 80.8 Å². The summed E-state index contributed by atoms with van der Waals surface area (Å²) in [6.45, 7) is 1.08. The number of carbonyl (C=O) groups excluding carboxylic acids is 1. The number of carbonyl (C=O) groups is 1. The number of hydrogen-bond donors (Lipinski definition) is 2. The number of nitrogens with one attached hydrogen (secondary N) is 2. The Kier molecular flexibility index (Phi) is 3.49. The van der Waals surface area contributed by atoms with Crippen molar-refractivity contribution in [1.82, 2.24) is 15.5 Å². The van der Waals surface area contributed by atoms with Crippen LogP contribution in [0.15, 0.2) is 6.20 Å². The van der Waals surface area contributed by atoms with E-state index in [1.54, 1.807) is 6.20 Å². The van der Waals surface area contributed by atoms with Gasteiger partial charge in [-0.1, -0.05) is 0 Å². The Morgan fingerprint density at radius 3 is 3.15 bits per heavy atom. The minimum Gasteiger partial charge on any atom is -0.549 e. The number of H-pyrrole nitrogens is 1. The molecule has 0 saturated carbocycles. The van der Waals surface area contributed by atoms with Gasteiger partial charge in [0.1, 0.15) is 0 Å². The molecule has 0 saturated heterocycles. The Hall–Kier alpha value is -0.360. The number of hydrogen-bond acceptors (Lipinski definition) is 4. The summed E-state index contributed by atoms with van der Waals surface area (Å²) in [5, 5.41) is 20.1. The van der Waals surface area contributed by atoms with Gasteiger partial charge in [0.15, 0.2) is 0 Å². The van der Waals surface area contributed by atoms with Crippen molar-refractivity contribution in [3.63, 3.8) is 0 Å². The Morgan fingerprint density at radius 1 is 1.69 bits per heavy atom. The molecule has 0 aliphatic carbocycles. The van der Waals surface area contributed by atoms with E-state index in [2.05, 4.69) is 15.5 Å². The molecule has 6 heteroatoms. The van der Waals surface area contributed by atoms with Crippen molar-refractivity contribution >= 4 is 5.97 Å². The molecule has 2 N–H and O–H groups in total. The third-order valence-corrected chi connectivity index (χ3v) is 2.06. The smallest absolute Gasteiger partial charge is 0.549 e. The fraction of sp³-hybridized carbons (Fsp3) is 0.429. The number of aromatic nitrogens is 2. The van der Waals surface area contributed by atoms with Crippen LogP contribution in [0.5, 0.6) is 0 Å². The second-order valence-corrected chi connectivity index (χ2v) is 2.81. The van der Waals surface area contributed by atoms with Crippen LogP contribution < -0.4 is 40.0 Å². The molecular weight excluding hydrogens is 181 g/mol. The zero-order valence-electron chi connectivity index (χ0n) is 7.33. The van der Waals surface area contributed by atoms with E-state index in [0.717, 1.165) is 11.3 Å². The molecule has 5 nitrogen and oxygen atoms in total. The van der Waals surface area contributed by atoms with Crippen molar-refractivity contribution in [3.8, 4) is 0 Å². The van der Waals surface area contributed by atoms with Crippen molar-refractivity contribution in [1.29, 1.82) is 0 Å². The first-order valence-electron chi connectivity index (χ1n) is 3.72. The number of carboxylic acid groups (broad SMARTS) is 1. The molecule has 0 radical (unpaired) electrons. The molecule has 0 spiro atoms. The number of carboxylic acids is 1. The SMILES string of the molecule is O=C([O-])C1CNCc2[nH]ncc21.[Na+]. The number of fused-ring (bicyclic) bond motifs is 1. The monoisotopic (exact) mass is 189 g/mol. The van der Waals surface area contributed by atoms with E-state index in [9.17, 15) is 9.90 Å². The van der Waals surface area contributed by atoms with Crippen LogP contribution in [0.3, 0.4) is 0 Å². The van der Waals surface area contributed by atoms with Gasteiger partial charge in [-0.05, 0) is 0 Å². The van der Waals surface area contributed by atoms with E-state index in [4.69, 9.17) is 0 Å². The molecule has 1 atom stereocenters. The molecule has 2 rings (SSSR count). The number of aromatic amines is 1. The molecule has 0 fully saturated rings. The quantitative estimate of drug-likeness (QED) is 0.435. The van der Waals surface area contributed by atoms with Crippen LogP contribution in [0.1, 0.15) is 17.2 Å². The zero-order valence-corrected chi connectivity index (χ0v) is 9.33. The second kappa shape index (κ2) is 4.23. The maximum atomic E-state index is 10.6. The molecule has 0 amide bonds. The van der Waals surface area contributed by atoms with Crippen LogP contribution in [0, 0.1) is 0 Å². The average Bonchev–Trinajstić information content (AvgIpc) is 2.49. The summed E-state index contributed by atoms with van der Waals surface area (Å²) in [7, 11) is 0. The first-order chi connectivity index (χ1) is 5.79. The zero-order chi connectivity index (χ0) is 8.55. The summed E-state index contributed by atoms with van der Waals surface area (Å²) in [5.74, 6) is -1.61. The summed E-state index contributed by atoms with van der Waals surface area (Å²) in [6, 6.07) is 0. The van der Waals surface area contributed by atoms with Crippen LogP contribution in [0.25, 0.3) is 0 Å². The van der Waals surface area contributed by atoms with Crippen LogP contribution in [-0.2, 0) is 11.3 Å². The molecule has 64 valence electrons. The minimum absolute atomic E-state index is 0. The van der Waals surface area contributed by atoms with Gasteiger partial charge in [-0.15, -0.1) is 0 Å². The molecular formula is C7H8N3NaO2. The van der Waals surface area contributed by atoms with Gasteiger partial charge in [0, 0.05) is 24.6 Å². The standard InChI is InChI=1S/C7H9N3O2.Na/c11-7(12)5-1-8-3-6-4(5)2-9-10-6;/h2,5,8H,1,3H2,(H,9,10)(H,11,12);/q;+1/p-1. The van der Waals surface area contributed by atoms with E-state index in [1.165, 1.54) is 0 Å². The summed E-state index contributed by atoms with van der Waals surface area (Å²) < 4.78 is 0. The van der Waals surface area contributed by atoms with Gasteiger partial charge in [0.05, 0.1) is 17.9 Å². The van der Waals surface area contributed by atoms with Crippen LogP contribution in [-0.4, -0.2) is 22.7 Å². The largest absolute Gasteiger partial charge is 1.00 e. The van der Waals surface area contributed by atoms with Crippen LogP contribution >= 0.6 is 0 Å². The van der Waals surface area contributed by atoms with E-state index in [1.807, 2.05) is 0 Å². The van der Waals surface area contributed by atoms with E-state index >= 15 is 0 Å². The van der Waals surface area contributed by atoms with E-state index in [-0.39, 0.29) is 29.6 Å². The molecule has 0 bridgehead atoms. The summed E-state index contributed by atoms with van der Waals surface area (Å²) in [5.41, 5.74) is 1.59. The van der Waals surface area contributed by atoms with Gasteiger partial charge in [0.2, 0.25) is 0 Å². The van der Waals surface area contributed by atoms with E-state index in [0.29, 0.717) is 13.1 Å². The third kappa shape index (κ3) is 1.94. The van der Waals surface area contributed by atoms with Crippen molar-refractivity contribution in [3.05, 3.63) is 17.5 Å². The van der Waals surface area contributed by atoms with Crippen molar-refractivity contribution in [2.45, 2.75) is 12.5 Å². The minimum atomic E-state index is -1.05. The first kappa shape index (κ1) is 10.7. The number of nitrogens with zero attached hydrogens (tertiary/aromatic N) is 1. The van der Waals surface area contributed by atoms with Gasteiger partial charge < -0.3 is 15.2 Å². The normalized spacial score (nSPS) is 20.2. The summed E-state index contributed by atoms with van der Waals surface area (Å²) in [6.07, 6.45) is 1.55. The van der Waals surface area contributed by atoms with Crippen molar-refractivity contribution < 1.29 is 39.5 Å². The Morgan fingerprint density at radius 2 is 2.46 bits per heavy atom. The molecule has 0 aromatic carbocycles. The van der Waals surface area contributed by atoms with Crippen LogP contribution in [0.2, 0.25) is 0 Å². The first-order valence-corrected chi connectivity index (χ1v) is 3.72. The van der Waals surface area contributed by atoms with Crippen molar-refractivity contribution in [2.75, 3.05) is 6.54 Å². The third-order valence-electron chi connectivity index (χ3n) is 2.06. The van der Waals surface area contributed by atoms with Gasteiger partial charge in [-0.3, -0.25) is 5.10 Å². The maximum absolute atomic E-state index is 10.6. The fourth-order valence-electron chi connectivity index (χ4n) is 1.43. The Bertz CT molecular complexity index is 312. The Labute approximate surface area is 97.2 Å².